The molecule has 0 bridgehead atoms. The first-order valence-corrected chi connectivity index (χ1v) is 7.93. The van der Waals surface area contributed by atoms with E-state index in [2.05, 4.69) is 30.2 Å². The molecule has 4 heteroatoms. The van der Waals surface area contributed by atoms with Gasteiger partial charge in [0, 0.05) is 11.9 Å². The number of hydrogen-bond donors (Lipinski definition) is 0. The number of hydrogen-bond acceptors (Lipinski definition) is 3. The molecule has 0 aliphatic carbocycles. The van der Waals surface area contributed by atoms with Gasteiger partial charge in [-0.1, -0.05) is 6.92 Å². The van der Waals surface area contributed by atoms with Gasteiger partial charge in [-0.3, -0.25) is 9.69 Å². The number of amides is 1. The molecule has 1 aromatic heterocycles. The second-order valence-electron chi connectivity index (χ2n) is 5.74. The fourth-order valence-electron chi connectivity index (χ4n) is 2.40. The van der Waals surface area contributed by atoms with Crippen molar-refractivity contribution in [2.24, 2.45) is 5.92 Å². The van der Waals surface area contributed by atoms with Crippen LogP contribution in [0.4, 0.5) is 0 Å². The maximum absolute atomic E-state index is 12.2. The minimum Gasteiger partial charge on any atom is -0.339 e. The van der Waals surface area contributed by atoms with Gasteiger partial charge in [-0.15, -0.1) is 11.3 Å². The number of likely N-dealkylation sites (N-methyl/N-ethyl adjacent to an activating group) is 1. The van der Waals surface area contributed by atoms with Crippen LogP contribution in [0.2, 0.25) is 0 Å². The first kappa shape index (κ1) is 14.5. The van der Waals surface area contributed by atoms with Gasteiger partial charge in [-0.2, -0.15) is 0 Å². The third-order valence-electron chi connectivity index (χ3n) is 4.01. The van der Waals surface area contributed by atoms with Crippen LogP contribution >= 0.6 is 11.3 Å². The Balaban J connectivity index is 1.81. The molecule has 0 saturated carbocycles. The third-order valence-corrected chi connectivity index (χ3v) is 5.02. The summed E-state index contributed by atoms with van der Waals surface area (Å²) in [7, 11) is 1.91. The lowest BCUT2D eigenvalue weighted by Gasteiger charge is -2.30. The van der Waals surface area contributed by atoms with Crippen molar-refractivity contribution in [1.82, 2.24) is 9.80 Å². The molecule has 0 radical (unpaired) electrons. The van der Waals surface area contributed by atoms with Crippen molar-refractivity contribution < 1.29 is 4.79 Å². The summed E-state index contributed by atoms with van der Waals surface area (Å²) in [6.45, 7) is 7.86. The van der Waals surface area contributed by atoms with E-state index in [4.69, 9.17) is 0 Å². The first-order chi connectivity index (χ1) is 9.06. The lowest BCUT2D eigenvalue weighted by molar-refractivity contribution is -0.131. The molecule has 0 aromatic carbocycles. The zero-order chi connectivity index (χ0) is 13.8. The highest BCUT2D eigenvalue weighted by Crippen LogP contribution is 2.18. The van der Waals surface area contributed by atoms with Gasteiger partial charge >= 0.3 is 0 Å². The summed E-state index contributed by atoms with van der Waals surface area (Å²) >= 11 is 1.73. The van der Waals surface area contributed by atoms with Gasteiger partial charge in [0.25, 0.3) is 0 Å². The van der Waals surface area contributed by atoms with E-state index in [0.29, 0.717) is 6.54 Å². The summed E-state index contributed by atoms with van der Waals surface area (Å²) in [4.78, 5) is 17.7. The Morgan fingerprint density at radius 3 is 2.74 bits per heavy atom. The Kier molecular flexibility index (Phi) is 4.99. The van der Waals surface area contributed by atoms with Crippen molar-refractivity contribution in [1.29, 1.82) is 0 Å². The molecule has 1 aromatic rings. The summed E-state index contributed by atoms with van der Waals surface area (Å²) in [5, 5.41) is 2.09. The Morgan fingerprint density at radius 2 is 2.16 bits per heavy atom. The number of piperidine rings is 1. The van der Waals surface area contributed by atoms with E-state index in [1.165, 1.54) is 23.3 Å². The fourth-order valence-corrected chi connectivity index (χ4v) is 3.36. The van der Waals surface area contributed by atoms with E-state index in [1.54, 1.807) is 11.3 Å². The van der Waals surface area contributed by atoms with Gasteiger partial charge < -0.3 is 4.90 Å². The predicted octanol–water partition coefficient (Wildman–Crippen LogP) is 2.75. The molecule has 1 amide bonds. The van der Waals surface area contributed by atoms with Gasteiger partial charge in [0.2, 0.25) is 5.91 Å². The second-order valence-corrected chi connectivity index (χ2v) is 6.74. The Bertz CT molecular complexity index is 422. The highest BCUT2D eigenvalue weighted by molar-refractivity contribution is 7.10. The normalized spacial score (nSPS) is 17.6. The van der Waals surface area contributed by atoms with E-state index in [0.717, 1.165) is 25.6 Å². The molecule has 106 valence electrons. The quantitative estimate of drug-likeness (QED) is 0.846. The van der Waals surface area contributed by atoms with E-state index < -0.39 is 0 Å². The summed E-state index contributed by atoms with van der Waals surface area (Å²) in [6.07, 6.45) is 2.45. The van der Waals surface area contributed by atoms with Crippen molar-refractivity contribution in [2.45, 2.75) is 33.2 Å². The monoisotopic (exact) mass is 280 g/mol. The molecular formula is C15H24N2OS. The van der Waals surface area contributed by atoms with Gasteiger partial charge in [-0.25, -0.2) is 0 Å². The van der Waals surface area contributed by atoms with Crippen LogP contribution in [0.1, 0.15) is 30.2 Å². The molecule has 1 fully saturated rings. The van der Waals surface area contributed by atoms with Crippen LogP contribution in [-0.2, 0) is 11.3 Å². The van der Waals surface area contributed by atoms with Crippen LogP contribution in [0.25, 0.3) is 0 Å². The summed E-state index contributed by atoms with van der Waals surface area (Å²) in [6, 6.07) is 2.12. The molecular weight excluding hydrogens is 256 g/mol. The van der Waals surface area contributed by atoms with Crippen molar-refractivity contribution in [3.05, 3.63) is 21.9 Å². The minimum atomic E-state index is 0.238. The summed E-state index contributed by atoms with van der Waals surface area (Å²) in [5.41, 5.74) is 1.29. The average molecular weight is 280 g/mol. The van der Waals surface area contributed by atoms with E-state index in [1.807, 2.05) is 11.9 Å². The van der Waals surface area contributed by atoms with Crippen LogP contribution in [0.5, 0.6) is 0 Å². The second kappa shape index (κ2) is 6.53. The van der Waals surface area contributed by atoms with Crippen molar-refractivity contribution in [2.75, 3.05) is 26.7 Å². The van der Waals surface area contributed by atoms with E-state index >= 15 is 0 Å². The smallest absolute Gasteiger partial charge is 0.236 e. The van der Waals surface area contributed by atoms with Gasteiger partial charge in [-0.05, 0) is 55.8 Å². The molecule has 3 nitrogen and oxygen atoms in total. The Hall–Kier alpha value is -0.870. The average Bonchev–Trinajstić information content (AvgIpc) is 2.78. The largest absolute Gasteiger partial charge is 0.339 e. The molecule has 0 spiro atoms. The van der Waals surface area contributed by atoms with Crippen LogP contribution in [0.3, 0.4) is 0 Å². The van der Waals surface area contributed by atoms with Crippen molar-refractivity contribution >= 4 is 17.2 Å². The molecule has 0 N–H and O–H groups in total. The van der Waals surface area contributed by atoms with Crippen LogP contribution in [-0.4, -0.2) is 42.4 Å². The lowest BCUT2D eigenvalue weighted by atomic mass is 9.99. The predicted molar refractivity (Wildman–Crippen MR) is 80.4 cm³/mol. The number of carbonyl (C=O) groups excluding carboxylic acids is 1. The molecule has 0 unspecified atom stereocenters. The highest BCUT2D eigenvalue weighted by Gasteiger charge is 2.20. The Morgan fingerprint density at radius 1 is 1.47 bits per heavy atom. The maximum Gasteiger partial charge on any atom is 0.236 e. The number of nitrogens with zero attached hydrogens (tertiary/aromatic N) is 2. The number of rotatable bonds is 4. The minimum absolute atomic E-state index is 0.238. The van der Waals surface area contributed by atoms with Crippen LogP contribution < -0.4 is 0 Å². The van der Waals surface area contributed by atoms with Crippen molar-refractivity contribution in [3.8, 4) is 0 Å². The summed E-state index contributed by atoms with van der Waals surface area (Å²) < 4.78 is 0. The SMILES string of the molecule is Cc1ccsc1CN(C)C(=O)CN1CCC(C)CC1. The van der Waals surface area contributed by atoms with E-state index in [-0.39, 0.29) is 5.91 Å². The van der Waals surface area contributed by atoms with Crippen LogP contribution in [0.15, 0.2) is 11.4 Å². The Labute approximate surface area is 120 Å². The third kappa shape index (κ3) is 4.05. The highest BCUT2D eigenvalue weighted by atomic mass is 32.1. The van der Waals surface area contributed by atoms with Gasteiger partial charge in [0.05, 0.1) is 13.1 Å². The zero-order valence-electron chi connectivity index (χ0n) is 12.2. The first-order valence-electron chi connectivity index (χ1n) is 7.05. The molecule has 1 aliphatic rings. The molecule has 0 atom stereocenters. The number of likely N-dealkylation sites (tertiary alicyclic amines) is 1. The molecule has 19 heavy (non-hydrogen) atoms. The lowest BCUT2D eigenvalue weighted by Crippen LogP contribution is -2.41. The number of carbonyl (C=O) groups is 1. The standard InChI is InChI=1S/C15H24N2OS/c1-12-4-7-17(8-5-12)11-15(18)16(3)10-14-13(2)6-9-19-14/h6,9,12H,4-5,7-8,10-11H2,1-3H3. The molecule has 1 aliphatic heterocycles. The molecule has 2 heterocycles. The topological polar surface area (TPSA) is 23.6 Å². The number of thiophene rings is 1. The maximum atomic E-state index is 12.2. The zero-order valence-corrected chi connectivity index (χ0v) is 13.0. The van der Waals surface area contributed by atoms with Gasteiger partial charge in [0.15, 0.2) is 0 Å². The molecule has 1 saturated heterocycles. The number of aryl methyl sites for hydroxylation is 1. The van der Waals surface area contributed by atoms with Crippen LogP contribution in [0, 0.1) is 12.8 Å². The van der Waals surface area contributed by atoms with E-state index in [9.17, 15) is 4.79 Å². The van der Waals surface area contributed by atoms with Gasteiger partial charge in [0.1, 0.15) is 0 Å². The summed E-state index contributed by atoms with van der Waals surface area (Å²) in [5.74, 6) is 1.06. The fraction of sp³-hybridized carbons (Fsp3) is 0.667. The molecule has 2 rings (SSSR count). The van der Waals surface area contributed by atoms with Crippen molar-refractivity contribution in [3.63, 3.8) is 0 Å².